The van der Waals surface area contributed by atoms with E-state index in [1.54, 1.807) is 0 Å². The van der Waals surface area contributed by atoms with Gasteiger partial charge in [-0.1, -0.05) is 13.3 Å². The van der Waals surface area contributed by atoms with Gasteiger partial charge in [-0.3, -0.25) is 0 Å². The summed E-state index contributed by atoms with van der Waals surface area (Å²) in [5, 5.41) is 36.6. The largest absolute Gasteiger partial charge is 0.465 e. The van der Waals surface area contributed by atoms with E-state index in [1.165, 1.54) is 6.92 Å². The second kappa shape index (κ2) is 11.0. The van der Waals surface area contributed by atoms with Crippen molar-refractivity contribution in [1.29, 1.82) is 0 Å². The summed E-state index contributed by atoms with van der Waals surface area (Å²) in [5.41, 5.74) is 0. The van der Waals surface area contributed by atoms with Crippen LogP contribution in [0.15, 0.2) is 0 Å². The van der Waals surface area contributed by atoms with Gasteiger partial charge in [-0.25, -0.2) is 9.59 Å². The predicted octanol–water partition coefficient (Wildman–Crippen LogP) is 0.00730. The zero-order valence-electron chi connectivity index (χ0n) is 9.88. The average molecular weight is 252 g/mol. The van der Waals surface area contributed by atoms with Crippen molar-refractivity contribution in [3.05, 3.63) is 0 Å². The van der Waals surface area contributed by atoms with Crippen LogP contribution in [0.3, 0.4) is 0 Å². The van der Waals surface area contributed by atoms with Crippen LogP contribution in [0.2, 0.25) is 0 Å². The van der Waals surface area contributed by atoms with Crippen molar-refractivity contribution in [1.82, 2.24) is 10.6 Å². The molecule has 0 spiro atoms. The van der Waals surface area contributed by atoms with Crippen LogP contribution in [0, 0.1) is 0 Å². The van der Waals surface area contributed by atoms with Gasteiger partial charge in [-0.2, -0.15) is 0 Å². The van der Waals surface area contributed by atoms with E-state index in [9.17, 15) is 9.59 Å². The first kappa shape index (κ1) is 17.8. The molecule has 8 heteroatoms. The number of rotatable bonds is 5. The molecule has 0 aliphatic heterocycles. The predicted molar refractivity (Wildman–Crippen MR) is 59.8 cm³/mol. The first-order valence-corrected chi connectivity index (χ1v) is 5.11. The number of amides is 2. The van der Waals surface area contributed by atoms with Crippen LogP contribution in [0.5, 0.6) is 0 Å². The number of aliphatic hydroxyl groups excluding tert-OH is 2. The van der Waals surface area contributed by atoms with Crippen molar-refractivity contribution in [2.75, 3.05) is 6.61 Å². The lowest BCUT2D eigenvalue weighted by Crippen LogP contribution is -2.46. The quantitative estimate of drug-likeness (QED) is 0.381. The summed E-state index contributed by atoms with van der Waals surface area (Å²) in [6, 6.07) is 0. The van der Waals surface area contributed by atoms with Crippen molar-refractivity contribution in [2.45, 2.75) is 39.0 Å². The normalized spacial score (nSPS) is 11.1. The van der Waals surface area contributed by atoms with Gasteiger partial charge in [-0.05, 0) is 13.3 Å². The van der Waals surface area contributed by atoms with Gasteiger partial charge in [0.1, 0.15) is 6.17 Å². The van der Waals surface area contributed by atoms with Crippen molar-refractivity contribution >= 4 is 12.2 Å². The van der Waals surface area contributed by atoms with Gasteiger partial charge in [0, 0.05) is 0 Å². The summed E-state index contributed by atoms with van der Waals surface area (Å²) in [6.45, 7) is 3.22. The van der Waals surface area contributed by atoms with Crippen LogP contribution < -0.4 is 10.6 Å². The van der Waals surface area contributed by atoms with Gasteiger partial charge in [0.05, 0.1) is 12.7 Å². The monoisotopic (exact) mass is 252 g/mol. The van der Waals surface area contributed by atoms with E-state index in [-0.39, 0.29) is 6.61 Å². The minimum atomic E-state index is -1.23. The Kier molecular flexibility index (Phi) is 11.5. The van der Waals surface area contributed by atoms with Crippen molar-refractivity contribution in [2.24, 2.45) is 0 Å². The lowest BCUT2D eigenvalue weighted by Gasteiger charge is -2.14. The number of aliphatic hydroxyl groups is 2. The van der Waals surface area contributed by atoms with E-state index in [0.29, 0.717) is 12.8 Å². The molecule has 0 aromatic heterocycles. The second-order valence-electron chi connectivity index (χ2n) is 3.27. The molecule has 0 fully saturated rings. The van der Waals surface area contributed by atoms with Crippen LogP contribution in [-0.4, -0.2) is 51.5 Å². The molecule has 0 aliphatic carbocycles. The molecule has 0 aromatic carbocycles. The molecule has 0 bridgehead atoms. The minimum Gasteiger partial charge on any atom is -0.465 e. The van der Waals surface area contributed by atoms with E-state index in [4.69, 9.17) is 20.4 Å². The number of carboxylic acid groups (broad SMARTS) is 2. The van der Waals surface area contributed by atoms with Crippen molar-refractivity contribution < 1.29 is 30.0 Å². The number of hydrogen-bond donors (Lipinski definition) is 6. The van der Waals surface area contributed by atoms with E-state index in [2.05, 4.69) is 0 Å². The molecule has 0 heterocycles. The molecule has 0 rings (SSSR count). The molecule has 1 unspecified atom stereocenters. The van der Waals surface area contributed by atoms with Gasteiger partial charge in [0.15, 0.2) is 0 Å². The Morgan fingerprint density at radius 2 is 1.53 bits per heavy atom. The Morgan fingerprint density at radius 3 is 1.71 bits per heavy atom. The molecule has 0 aliphatic rings. The van der Waals surface area contributed by atoms with E-state index in [1.807, 2.05) is 17.6 Å². The smallest absolute Gasteiger partial charge is 0.406 e. The SMILES string of the molecule is CC(O)CO.CCCC(NC(=O)O)NC(=O)O. The number of nitrogens with one attached hydrogen (secondary N) is 2. The van der Waals surface area contributed by atoms with Crippen LogP contribution in [0.25, 0.3) is 0 Å². The Bertz CT molecular complexity index is 206. The summed E-state index contributed by atoms with van der Waals surface area (Å²) in [6.07, 6.45) is -2.60. The lowest BCUT2D eigenvalue weighted by molar-refractivity contribution is 0.110. The zero-order valence-corrected chi connectivity index (χ0v) is 9.88. The Morgan fingerprint density at radius 1 is 1.18 bits per heavy atom. The third-order valence-electron chi connectivity index (χ3n) is 1.44. The lowest BCUT2D eigenvalue weighted by atomic mass is 10.3. The third kappa shape index (κ3) is 17.1. The van der Waals surface area contributed by atoms with Gasteiger partial charge in [-0.15, -0.1) is 0 Å². The molecule has 2 amide bonds. The average Bonchev–Trinajstić information content (AvgIpc) is 2.16. The fraction of sp³-hybridized carbons (Fsp3) is 0.778. The molecule has 6 N–H and O–H groups in total. The summed E-state index contributed by atoms with van der Waals surface area (Å²) in [7, 11) is 0. The van der Waals surface area contributed by atoms with Crippen LogP contribution >= 0.6 is 0 Å². The molecule has 8 nitrogen and oxygen atoms in total. The maximum atomic E-state index is 10.1. The van der Waals surface area contributed by atoms with Gasteiger partial charge >= 0.3 is 12.2 Å². The minimum absolute atomic E-state index is 0.139. The molecule has 102 valence electrons. The van der Waals surface area contributed by atoms with E-state index >= 15 is 0 Å². The Hall–Kier alpha value is -1.54. The van der Waals surface area contributed by atoms with Gasteiger partial charge in [0.25, 0.3) is 0 Å². The van der Waals surface area contributed by atoms with Crippen molar-refractivity contribution in [3.63, 3.8) is 0 Å². The van der Waals surface area contributed by atoms with E-state index in [0.717, 1.165) is 0 Å². The topological polar surface area (TPSA) is 139 Å². The highest BCUT2D eigenvalue weighted by molar-refractivity contribution is 5.68. The number of carbonyl (C=O) groups is 2. The summed E-state index contributed by atoms with van der Waals surface area (Å²) < 4.78 is 0. The molecule has 1 atom stereocenters. The third-order valence-corrected chi connectivity index (χ3v) is 1.44. The maximum absolute atomic E-state index is 10.1. The maximum Gasteiger partial charge on any atom is 0.406 e. The van der Waals surface area contributed by atoms with Crippen LogP contribution in [0.4, 0.5) is 9.59 Å². The summed E-state index contributed by atoms with van der Waals surface area (Å²) >= 11 is 0. The first-order chi connectivity index (χ1) is 7.83. The highest BCUT2D eigenvalue weighted by Crippen LogP contribution is 1.92. The van der Waals surface area contributed by atoms with Crippen LogP contribution in [-0.2, 0) is 0 Å². The highest BCUT2D eigenvalue weighted by atomic mass is 16.4. The van der Waals surface area contributed by atoms with Gasteiger partial charge in [0.2, 0.25) is 0 Å². The fourth-order valence-electron chi connectivity index (χ4n) is 0.767. The molecule has 17 heavy (non-hydrogen) atoms. The Labute approximate surface area is 99.3 Å². The molecular weight excluding hydrogens is 232 g/mol. The Balaban J connectivity index is 0. The standard InChI is InChI=1S/C6H12N2O4.C3H8O2/c1-2-3-4(7-5(9)10)8-6(11)12;1-3(5)2-4/h4,7-8H,2-3H2,1H3,(H,9,10)(H,11,12);3-5H,2H2,1H3. The molecule has 0 aromatic rings. The number of hydrogen-bond acceptors (Lipinski definition) is 4. The first-order valence-electron chi connectivity index (χ1n) is 5.11. The van der Waals surface area contributed by atoms with E-state index < -0.39 is 24.5 Å². The zero-order chi connectivity index (χ0) is 13.8. The van der Waals surface area contributed by atoms with Gasteiger partial charge < -0.3 is 31.1 Å². The summed E-state index contributed by atoms with van der Waals surface area (Å²) in [5.74, 6) is 0. The highest BCUT2D eigenvalue weighted by Gasteiger charge is 2.11. The molecule has 0 radical (unpaired) electrons. The second-order valence-corrected chi connectivity index (χ2v) is 3.27. The molecular formula is C9H20N2O6. The molecule has 0 saturated carbocycles. The fourth-order valence-corrected chi connectivity index (χ4v) is 0.767. The van der Waals surface area contributed by atoms with Crippen molar-refractivity contribution in [3.8, 4) is 0 Å². The van der Waals surface area contributed by atoms with Crippen LogP contribution in [0.1, 0.15) is 26.7 Å². The molecule has 0 saturated heterocycles. The summed E-state index contributed by atoms with van der Waals surface area (Å²) in [4.78, 5) is 20.2.